The van der Waals surface area contributed by atoms with Crippen LogP contribution in [0.2, 0.25) is 0 Å². The number of carbonyl (C=O) groups excluding carboxylic acids is 4. The summed E-state index contributed by atoms with van der Waals surface area (Å²) in [6.45, 7) is 2.45. The minimum atomic E-state index is -0.470. The van der Waals surface area contributed by atoms with Gasteiger partial charge in [0.1, 0.15) is 11.5 Å². The molecule has 2 N–H and O–H groups in total. The van der Waals surface area contributed by atoms with Crippen LogP contribution in [0.15, 0.2) is 48.5 Å². The third-order valence-corrected chi connectivity index (χ3v) is 8.66. The number of fused-ring (bicyclic) bond motifs is 9. The Hall–Kier alpha value is -3.96. The third kappa shape index (κ3) is 9.27. The number of nitrogens with one attached hydrogen (secondary N) is 1. The molecule has 11 heteroatoms. The zero-order valence-electron chi connectivity index (χ0n) is 25.8. The summed E-state index contributed by atoms with van der Waals surface area (Å²) in [5.41, 5.74) is 1.90. The largest absolute Gasteiger partial charge is 0.457 e. The van der Waals surface area contributed by atoms with Gasteiger partial charge in [-0.3, -0.25) is 19.2 Å². The summed E-state index contributed by atoms with van der Waals surface area (Å²) in [6, 6.07) is 14.8. The van der Waals surface area contributed by atoms with Crippen molar-refractivity contribution in [1.29, 1.82) is 0 Å². The number of aliphatic hydroxyl groups is 1. The Morgan fingerprint density at radius 2 is 1.69 bits per heavy atom. The van der Waals surface area contributed by atoms with Gasteiger partial charge >= 0.3 is 0 Å². The van der Waals surface area contributed by atoms with Crippen molar-refractivity contribution >= 4 is 23.6 Å². The smallest absolute Gasteiger partial charge is 0.239 e. The molecule has 2 aromatic rings. The van der Waals surface area contributed by atoms with Gasteiger partial charge in [0.15, 0.2) is 0 Å². The molecule has 45 heavy (non-hydrogen) atoms. The van der Waals surface area contributed by atoms with Crippen molar-refractivity contribution < 1.29 is 33.8 Å². The maximum Gasteiger partial charge on any atom is 0.239 e. The first-order valence-electron chi connectivity index (χ1n) is 16.1. The lowest BCUT2D eigenvalue weighted by molar-refractivity contribution is -0.139. The monoisotopic (exact) mass is 620 g/mol. The Kier molecular flexibility index (Phi) is 11.4. The number of hydrogen-bond donors (Lipinski definition) is 2. The van der Waals surface area contributed by atoms with E-state index < -0.39 is 6.04 Å². The quantitative estimate of drug-likeness (QED) is 0.487. The second kappa shape index (κ2) is 15.9. The normalized spacial score (nSPS) is 21.4. The number of carbonyl (C=O) groups is 4. The molecule has 4 heterocycles. The van der Waals surface area contributed by atoms with E-state index in [1.807, 2.05) is 53.4 Å². The summed E-state index contributed by atoms with van der Waals surface area (Å²) < 4.78 is 12.4. The molecule has 4 bridgehead atoms. The molecular formula is C34H44N4O7. The topological polar surface area (TPSA) is 129 Å². The summed E-state index contributed by atoms with van der Waals surface area (Å²) in [5, 5.41) is 12.5. The van der Waals surface area contributed by atoms with E-state index in [0.717, 1.165) is 24.1 Å². The molecule has 6 rings (SSSR count). The van der Waals surface area contributed by atoms with Crippen molar-refractivity contribution in [3.63, 3.8) is 0 Å². The van der Waals surface area contributed by atoms with Crippen molar-refractivity contribution in [2.75, 3.05) is 45.9 Å². The standard InChI is InChI=1S/C34H44N4O7/c39-20-4-18-37-23-31(40)35-29-22-38(33(42)8-3-17-36-16-2-7-32(36)41)19-15-30(29)44-24-26-5-1-6-28(21-26)45-27-12-9-25(10-13-27)11-14-34(37)43/h1,5-6,9-10,12-13,21,29-30,39H,2-4,7-8,11,14-20,22-24H2,(H,35,40)/t29-,30-/m0/s1. The summed E-state index contributed by atoms with van der Waals surface area (Å²) in [7, 11) is 0. The first kappa shape index (κ1) is 32.4. The van der Waals surface area contributed by atoms with Crippen LogP contribution < -0.4 is 10.1 Å². The van der Waals surface area contributed by atoms with Crippen molar-refractivity contribution in [1.82, 2.24) is 20.0 Å². The van der Waals surface area contributed by atoms with Crippen LogP contribution in [-0.4, -0.2) is 101 Å². The molecule has 0 unspecified atom stereocenters. The number of benzene rings is 2. The number of piperidine rings is 1. The van der Waals surface area contributed by atoms with Crippen LogP contribution in [0.1, 0.15) is 56.1 Å². The number of likely N-dealkylation sites (tertiary alicyclic amines) is 2. The number of hydrogen-bond acceptors (Lipinski definition) is 7. The van der Waals surface area contributed by atoms with Gasteiger partial charge in [-0.05, 0) is 67.5 Å². The zero-order chi connectivity index (χ0) is 31.6. The van der Waals surface area contributed by atoms with Crippen LogP contribution in [0, 0.1) is 0 Å². The first-order chi connectivity index (χ1) is 21.9. The number of aryl methyl sites for hydroxylation is 1. The molecule has 2 atom stereocenters. The molecule has 0 saturated carbocycles. The predicted molar refractivity (Wildman–Crippen MR) is 166 cm³/mol. The van der Waals surface area contributed by atoms with Gasteiger partial charge in [-0.1, -0.05) is 24.3 Å². The van der Waals surface area contributed by atoms with Crippen LogP contribution in [-0.2, 0) is 36.9 Å². The molecule has 2 saturated heterocycles. The fourth-order valence-corrected chi connectivity index (χ4v) is 6.17. The first-order valence-corrected chi connectivity index (χ1v) is 16.1. The van der Waals surface area contributed by atoms with Gasteiger partial charge in [0, 0.05) is 58.6 Å². The lowest BCUT2D eigenvalue weighted by Crippen LogP contribution is -2.58. The van der Waals surface area contributed by atoms with E-state index in [1.54, 1.807) is 4.90 Å². The zero-order valence-corrected chi connectivity index (χ0v) is 25.8. The maximum absolute atomic E-state index is 13.4. The Bertz CT molecular complexity index is 1330. The van der Waals surface area contributed by atoms with Gasteiger partial charge in [0.05, 0.1) is 25.3 Å². The molecule has 4 aliphatic rings. The van der Waals surface area contributed by atoms with Crippen LogP contribution in [0.3, 0.4) is 0 Å². The van der Waals surface area contributed by atoms with Crippen LogP contribution >= 0.6 is 0 Å². The molecule has 2 aromatic carbocycles. The van der Waals surface area contributed by atoms with Crippen molar-refractivity contribution in [3.8, 4) is 11.5 Å². The molecule has 2 fully saturated rings. The van der Waals surface area contributed by atoms with Gasteiger partial charge in [-0.15, -0.1) is 0 Å². The van der Waals surface area contributed by atoms with E-state index >= 15 is 0 Å². The summed E-state index contributed by atoms with van der Waals surface area (Å²) in [4.78, 5) is 56.8. The maximum atomic E-state index is 13.4. The van der Waals surface area contributed by atoms with E-state index in [9.17, 15) is 24.3 Å². The van der Waals surface area contributed by atoms with Crippen LogP contribution in [0.5, 0.6) is 11.5 Å². The Morgan fingerprint density at radius 1 is 0.889 bits per heavy atom. The molecule has 0 aliphatic carbocycles. The molecular weight excluding hydrogens is 576 g/mol. The second-order valence-corrected chi connectivity index (χ2v) is 12.0. The van der Waals surface area contributed by atoms with E-state index in [-0.39, 0.29) is 55.8 Å². The number of amides is 4. The number of aliphatic hydroxyl groups excluding tert-OH is 1. The molecule has 0 spiro atoms. The molecule has 242 valence electrons. The molecule has 4 amide bonds. The predicted octanol–water partition coefficient (Wildman–Crippen LogP) is 2.64. The molecule has 4 aliphatic heterocycles. The molecule has 0 aromatic heterocycles. The average molecular weight is 621 g/mol. The van der Waals surface area contributed by atoms with E-state index in [1.165, 1.54) is 4.90 Å². The number of nitrogens with zero attached hydrogens (tertiary/aromatic N) is 3. The SMILES string of the molecule is O=C1CN(CCCO)C(=O)CCc2ccc(cc2)Oc2cccc(c2)CO[C@H]2CCN(C(=O)CCCN3CCCC3=O)C[C@@H]2N1. The Balaban J connectivity index is 1.30. The Labute approximate surface area is 264 Å². The van der Waals surface area contributed by atoms with Gasteiger partial charge in [-0.25, -0.2) is 0 Å². The number of rotatable bonds is 7. The van der Waals surface area contributed by atoms with Gasteiger partial charge in [-0.2, -0.15) is 0 Å². The second-order valence-electron chi connectivity index (χ2n) is 12.0. The molecule has 0 radical (unpaired) electrons. The minimum Gasteiger partial charge on any atom is -0.457 e. The highest BCUT2D eigenvalue weighted by Crippen LogP contribution is 2.25. The highest BCUT2D eigenvalue weighted by atomic mass is 16.5. The average Bonchev–Trinajstić information content (AvgIpc) is 3.45. The minimum absolute atomic E-state index is 0.0127. The van der Waals surface area contributed by atoms with Gasteiger partial charge < -0.3 is 34.6 Å². The highest BCUT2D eigenvalue weighted by Gasteiger charge is 2.34. The lowest BCUT2D eigenvalue weighted by Gasteiger charge is -2.39. The van der Waals surface area contributed by atoms with Gasteiger partial charge in [0.2, 0.25) is 23.6 Å². The van der Waals surface area contributed by atoms with Crippen molar-refractivity contribution in [2.24, 2.45) is 0 Å². The van der Waals surface area contributed by atoms with E-state index in [2.05, 4.69) is 5.32 Å². The fraction of sp³-hybridized carbons (Fsp3) is 0.529. The highest BCUT2D eigenvalue weighted by molar-refractivity contribution is 5.85. The van der Waals surface area contributed by atoms with Gasteiger partial charge in [0.25, 0.3) is 0 Å². The summed E-state index contributed by atoms with van der Waals surface area (Å²) >= 11 is 0. The van der Waals surface area contributed by atoms with Crippen LogP contribution in [0.25, 0.3) is 0 Å². The van der Waals surface area contributed by atoms with Crippen LogP contribution in [0.4, 0.5) is 0 Å². The van der Waals surface area contributed by atoms with Crippen molar-refractivity contribution in [3.05, 3.63) is 59.7 Å². The van der Waals surface area contributed by atoms with E-state index in [0.29, 0.717) is 76.3 Å². The third-order valence-electron chi connectivity index (χ3n) is 8.66. The molecule has 11 nitrogen and oxygen atoms in total. The van der Waals surface area contributed by atoms with Crippen molar-refractivity contribution in [2.45, 2.75) is 70.1 Å². The summed E-state index contributed by atoms with van der Waals surface area (Å²) in [5.74, 6) is 0.998. The summed E-state index contributed by atoms with van der Waals surface area (Å²) in [6.07, 6.45) is 3.66. The Morgan fingerprint density at radius 3 is 2.47 bits per heavy atom. The number of ether oxygens (including phenoxy) is 2. The fourth-order valence-electron chi connectivity index (χ4n) is 6.17. The van der Waals surface area contributed by atoms with E-state index in [4.69, 9.17) is 9.47 Å². The lowest BCUT2D eigenvalue weighted by atomic mass is 10.0.